The highest BCUT2D eigenvalue weighted by Crippen LogP contribution is 2.62. The molecule has 4 unspecified atom stereocenters. The van der Waals surface area contributed by atoms with Crippen LogP contribution >= 0.6 is 24.0 Å². The maximum atomic E-state index is 6.01. The van der Waals surface area contributed by atoms with Crippen molar-refractivity contribution in [1.82, 2.24) is 15.5 Å². The molecule has 6 nitrogen and oxygen atoms in total. The van der Waals surface area contributed by atoms with Crippen molar-refractivity contribution >= 4 is 29.9 Å². The van der Waals surface area contributed by atoms with E-state index in [1.807, 2.05) is 7.05 Å². The SMILES string of the molecule is CN=C(NCC(C)N1CCOCC1)NC1C2CCOC2C12CCC2.I. The third kappa shape index (κ3) is 3.53. The Kier molecular flexibility index (Phi) is 6.50. The lowest BCUT2D eigenvalue weighted by Gasteiger charge is -2.63. The summed E-state index contributed by atoms with van der Waals surface area (Å²) in [6, 6.07) is 1.04. The van der Waals surface area contributed by atoms with Crippen LogP contribution in [0, 0.1) is 11.3 Å². The van der Waals surface area contributed by atoms with Crippen LogP contribution in [0.25, 0.3) is 0 Å². The number of hydrogen-bond acceptors (Lipinski definition) is 4. The van der Waals surface area contributed by atoms with Crippen molar-refractivity contribution in [3.8, 4) is 0 Å². The van der Waals surface area contributed by atoms with Crippen LogP contribution < -0.4 is 10.6 Å². The summed E-state index contributed by atoms with van der Waals surface area (Å²) in [6.07, 6.45) is 5.69. The summed E-state index contributed by atoms with van der Waals surface area (Å²) >= 11 is 0. The maximum absolute atomic E-state index is 6.01. The van der Waals surface area contributed by atoms with Crippen molar-refractivity contribution in [1.29, 1.82) is 0 Å². The van der Waals surface area contributed by atoms with E-state index in [0.717, 1.165) is 45.4 Å². The number of ether oxygens (including phenoxy) is 2. The highest BCUT2D eigenvalue weighted by atomic mass is 127. The lowest BCUT2D eigenvalue weighted by atomic mass is 9.46. The molecule has 2 aliphatic heterocycles. The number of morpholine rings is 1. The van der Waals surface area contributed by atoms with E-state index < -0.39 is 0 Å². The van der Waals surface area contributed by atoms with Crippen molar-refractivity contribution in [3.63, 3.8) is 0 Å². The molecular weight excluding hydrogens is 431 g/mol. The highest BCUT2D eigenvalue weighted by Gasteiger charge is 2.66. The molecule has 4 fully saturated rings. The fourth-order valence-electron chi connectivity index (χ4n) is 5.19. The van der Waals surface area contributed by atoms with E-state index in [1.54, 1.807) is 0 Å². The highest BCUT2D eigenvalue weighted by molar-refractivity contribution is 14.0. The number of rotatable bonds is 4. The molecule has 4 rings (SSSR count). The van der Waals surface area contributed by atoms with Crippen LogP contribution in [0.2, 0.25) is 0 Å². The van der Waals surface area contributed by atoms with Gasteiger partial charge in [0.05, 0.1) is 19.3 Å². The second-order valence-corrected chi connectivity index (χ2v) is 7.90. The number of halogens is 1. The Morgan fingerprint density at radius 3 is 2.68 bits per heavy atom. The van der Waals surface area contributed by atoms with Crippen molar-refractivity contribution in [2.75, 3.05) is 46.5 Å². The summed E-state index contributed by atoms with van der Waals surface area (Å²) in [6.45, 7) is 7.90. The van der Waals surface area contributed by atoms with Gasteiger partial charge in [0.2, 0.25) is 0 Å². The summed E-state index contributed by atoms with van der Waals surface area (Å²) in [5.74, 6) is 1.64. The minimum absolute atomic E-state index is 0. The molecule has 1 spiro atoms. The Morgan fingerprint density at radius 2 is 2.04 bits per heavy atom. The molecule has 25 heavy (non-hydrogen) atoms. The summed E-state index contributed by atoms with van der Waals surface area (Å²) in [5, 5.41) is 7.29. The number of guanidine groups is 1. The Labute approximate surface area is 168 Å². The molecule has 0 amide bonds. The van der Waals surface area contributed by atoms with Gasteiger partial charge in [-0.05, 0) is 26.2 Å². The minimum Gasteiger partial charge on any atom is -0.379 e. The first-order valence-corrected chi connectivity index (χ1v) is 9.65. The zero-order valence-electron chi connectivity index (χ0n) is 15.5. The van der Waals surface area contributed by atoms with Gasteiger partial charge in [-0.2, -0.15) is 0 Å². The molecule has 2 heterocycles. The Balaban J connectivity index is 0.00000182. The molecule has 0 radical (unpaired) electrons. The van der Waals surface area contributed by atoms with Gasteiger partial charge >= 0.3 is 0 Å². The van der Waals surface area contributed by atoms with Crippen LogP contribution in [-0.2, 0) is 9.47 Å². The van der Waals surface area contributed by atoms with E-state index in [-0.39, 0.29) is 24.0 Å². The summed E-state index contributed by atoms with van der Waals surface area (Å²) in [5.41, 5.74) is 0.397. The van der Waals surface area contributed by atoms with Gasteiger partial charge in [0, 0.05) is 56.7 Å². The molecule has 4 atom stereocenters. The maximum Gasteiger partial charge on any atom is 0.191 e. The molecule has 0 bridgehead atoms. The Bertz CT molecular complexity index is 480. The molecule has 0 aromatic carbocycles. The molecule has 2 saturated heterocycles. The third-order valence-corrected chi connectivity index (χ3v) is 6.79. The van der Waals surface area contributed by atoms with Gasteiger partial charge in [0.25, 0.3) is 0 Å². The number of fused-ring (bicyclic) bond motifs is 2. The Hall–Kier alpha value is -0.120. The fourth-order valence-corrected chi connectivity index (χ4v) is 5.19. The van der Waals surface area contributed by atoms with Gasteiger partial charge in [-0.1, -0.05) is 6.42 Å². The van der Waals surface area contributed by atoms with Crippen LogP contribution in [0.1, 0.15) is 32.6 Å². The van der Waals surface area contributed by atoms with Crippen molar-refractivity contribution in [2.45, 2.75) is 50.8 Å². The predicted molar refractivity (Wildman–Crippen MR) is 110 cm³/mol. The zero-order valence-corrected chi connectivity index (χ0v) is 17.8. The quantitative estimate of drug-likeness (QED) is 0.375. The monoisotopic (exact) mass is 464 g/mol. The molecule has 144 valence electrons. The van der Waals surface area contributed by atoms with E-state index in [2.05, 4.69) is 27.4 Å². The van der Waals surface area contributed by atoms with Crippen molar-refractivity contribution in [2.24, 2.45) is 16.3 Å². The molecule has 2 saturated carbocycles. The average molecular weight is 464 g/mol. The molecular formula is C18H33IN4O2. The minimum atomic E-state index is 0. The summed E-state index contributed by atoms with van der Waals surface area (Å²) in [4.78, 5) is 6.96. The van der Waals surface area contributed by atoms with Crippen molar-refractivity contribution < 1.29 is 9.47 Å². The number of nitrogens with one attached hydrogen (secondary N) is 2. The summed E-state index contributed by atoms with van der Waals surface area (Å²) < 4.78 is 11.5. The molecule has 2 aliphatic carbocycles. The number of aliphatic imine (C=N–C) groups is 1. The fraction of sp³-hybridized carbons (Fsp3) is 0.944. The smallest absolute Gasteiger partial charge is 0.191 e. The van der Waals surface area contributed by atoms with E-state index in [1.165, 1.54) is 25.7 Å². The van der Waals surface area contributed by atoms with Gasteiger partial charge < -0.3 is 20.1 Å². The first-order chi connectivity index (χ1) is 11.7. The topological polar surface area (TPSA) is 58.1 Å². The van der Waals surface area contributed by atoms with Crippen LogP contribution in [0.3, 0.4) is 0 Å². The zero-order chi connectivity index (χ0) is 16.6. The Morgan fingerprint density at radius 1 is 1.28 bits per heavy atom. The van der Waals surface area contributed by atoms with E-state index in [9.17, 15) is 0 Å². The number of hydrogen-bond donors (Lipinski definition) is 2. The van der Waals surface area contributed by atoms with Gasteiger partial charge in [0.15, 0.2) is 5.96 Å². The lowest BCUT2D eigenvalue weighted by molar-refractivity contribution is -0.171. The van der Waals surface area contributed by atoms with Crippen LogP contribution in [0.4, 0.5) is 0 Å². The van der Waals surface area contributed by atoms with E-state index in [0.29, 0.717) is 29.5 Å². The first kappa shape index (κ1) is 19.6. The molecule has 4 aliphatic rings. The van der Waals surface area contributed by atoms with Crippen LogP contribution in [-0.4, -0.2) is 75.5 Å². The van der Waals surface area contributed by atoms with Crippen molar-refractivity contribution in [3.05, 3.63) is 0 Å². The standard InChI is InChI=1S/C18H32N4O2.HI/c1-13(22-7-10-23-11-8-22)12-20-17(19-2)21-15-14-4-9-24-16(14)18(15)5-3-6-18;/h13-16H,3-12H2,1-2H3,(H2,19,20,21);1H. The largest absolute Gasteiger partial charge is 0.379 e. The second kappa shape index (κ2) is 8.27. The molecule has 7 heteroatoms. The average Bonchev–Trinajstić information content (AvgIpc) is 2.99. The van der Waals surface area contributed by atoms with Gasteiger partial charge in [-0.15, -0.1) is 24.0 Å². The van der Waals surface area contributed by atoms with Gasteiger partial charge in [0.1, 0.15) is 0 Å². The molecule has 2 N–H and O–H groups in total. The van der Waals surface area contributed by atoms with E-state index >= 15 is 0 Å². The predicted octanol–water partition coefficient (Wildman–Crippen LogP) is 1.45. The normalized spacial score (nSPS) is 35.1. The summed E-state index contributed by atoms with van der Waals surface area (Å²) in [7, 11) is 1.88. The van der Waals surface area contributed by atoms with Gasteiger partial charge in [-0.25, -0.2) is 0 Å². The van der Waals surface area contributed by atoms with Gasteiger partial charge in [-0.3, -0.25) is 9.89 Å². The second-order valence-electron chi connectivity index (χ2n) is 7.90. The molecule has 0 aromatic heterocycles. The lowest BCUT2D eigenvalue weighted by Crippen LogP contribution is -2.72. The third-order valence-electron chi connectivity index (χ3n) is 6.79. The van der Waals surface area contributed by atoms with Crippen LogP contribution in [0.15, 0.2) is 4.99 Å². The van der Waals surface area contributed by atoms with E-state index in [4.69, 9.17) is 9.47 Å². The first-order valence-electron chi connectivity index (χ1n) is 9.65. The van der Waals surface area contributed by atoms with Crippen LogP contribution in [0.5, 0.6) is 0 Å². The molecule has 0 aromatic rings. The number of nitrogens with zero attached hydrogens (tertiary/aromatic N) is 2.